The summed E-state index contributed by atoms with van der Waals surface area (Å²) in [5.74, 6) is -0.0521. The van der Waals surface area contributed by atoms with Gasteiger partial charge in [-0.25, -0.2) is 0 Å². The number of amides is 1. The van der Waals surface area contributed by atoms with Crippen molar-refractivity contribution in [2.45, 2.75) is 23.0 Å². The van der Waals surface area contributed by atoms with Gasteiger partial charge in [0.1, 0.15) is 12.4 Å². The first-order valence-corrected chi connectivity index (χ1v) is 7.69. The zero-order chi connectivity index (χ0) is 15.0. The van der Waals surface area contributed by atoms with Crippen molar-refractivity contribution >= 4 is 35.0 Å². The smallest absolute Gasteiger partial charge is 0.246 e. The fourth-order valence-corrected chi connectivity index (χ4v) is 3.31. The second-order valence-corrected chi connectivity index (χ2v) is 6.09. The SMILES string of the molecule is CCNC1C(=O)Nc2cc(Sc3nncn3C)c(Cl)cc21. The molecule has 2 aromatic rings. The topological polar surface area (TPSA) is 71.8 Å². The van der Waals surface area contributed by atoms with Crippen molar-refractivity contribution in [2.24, 2.45) is 7.05 Å². The summed E-state index contributed by atoms with van der Waals surface area (Å²) in [5.41, 5.74) is 1.68. The molecule has 6 nitrogen and oxygen atoms in total. The average Bonchev–Trinajstić information content (AvgIpc) is 2.97. The van der Waals surface area contributed by atoms with E-state index in [0.717, 1.165) is 21.3 Å². The number of fused-ring (bicyclic) bond motifs is 1. The van der Waals surface area contributed by atoms with Crippen molar-refractivity contribution in [2.75, 3.05) is 11.9 Å². The minimum Gasteiger partial charge on any atom is -0.324 e. The summed E-state index contributed by atoms with van der Waals surface area (Å²) in [5, 5.41) is 15.2. The number of rotatable bonds is 4. The van der Waals surface area contributed by atoms with Gasteiger partial charge < -0.3 is 15.2 Å². The molecule has 8 heteroatoms. The number of likely N-dealkylation sites (N-methyl/N-ethyl adjacent to an activating group) is 1. The molecule has 3 rings (SSSR count). The number of benzene rings is 1. The molecule has 2 N–H and O–H groups in total. The number of nitrogens with one attached hydrogen (secondary N) is 2. The lowest BCUT2D eigenvalue weighted by molar-refractivity contribution is -0.117. The predicted molar refractivity (Wildman–Crippen MR) is 81.6 cm³/mol. The molecular formula is C13H14ClN5OS. The number of carbonyl (C=O) groups is 1. The lowest BCUT2D eigenvalue weighted by atomic mass is 10.1. The van der Waals surface area contributed by atoms with E-state index in [2.05, 4.69) is 20.8 Å². The molecule has 1 aromatic heterocycles. The van der Waals surface area contributed by atoms with Crippen molar-refractivity contribution < 1.29 is 4.79 Å². The van der Waals surface area contributed by atoms with Crippen molar-refractivity contribution in [1.82, 2.24) is 20.1 Å². The van der Waals surface area contributed by atoms with E-state index in [1.165, 1.54) is 11.8 Å². The van der Waals surface area contributed by atoms with Gasteiger partial charge in [0.2, 0.25) is 5.91 Å². The molecule has 110 valence electrons. The molecule has 1 unspecified atom stereocenters. The number of carbonyl (C=O) groups excluding carboxylic acids is 1. The van der Waals surface area contributed by atoms with Crippen LogP contribution in [0.4, 0.5) is 5.69 Å². The minimum atomic E-state index is -0.337. The Morgan fingerprint density at radius 2 is 2.33 bits per heavy atom. The molecule has 2 heterocycles. The summed E-state index contributed by atoms with van der Waals surface area (Å²) < 4.78 is 1.81. The monoisotopic (exact) mass is 323 g/mol. The Bertz CT molecular complexity index is 702. The molecule has 1 atom stereocenters. The highest BCUT2D eigenvalue weighted by Gasteiger charge is 2.30. The highest BCUT2D eigenvalue weighted by atomic mass is 35.5. The van der Waals surface area contributed by atoms with Crippen LogP contribution in [0.3, 0.4) is 0 Å². The summed E-state index contributed by atoms with van der Waals surface area (Å²) in [4.78, 5) is 12.8. The number of anilines is 1. The zero-order valence-electron chi connectivity index (χ0n) is 11.6. The molecule has 0 saturated heterocycles. The molecule has 1 aromatic carbocycles. The number of aryl methyl sites for hydroxylation is 1. The number of halogens is 1. The van der Waals surface area contributed by atoms with E-state index in [0.29, 0.717) is 11.6 Å². The molecule has 21 heavy (non-hydrogen) atoms. The second kappa shape index (κ2) is 5.67. The maximum Gasteiger partial charge on any atom is 0.246 e. The van der Waals surface area contributed by atoms with Gasteiger partial charge in [-0.05, 0) is 30.4 Å². The Balaban J connectivity index is 1.94. The van der Waals surface area contributed by atoms with E-state index in [1.807, 2.05) is 30.7 Å². The maximum atomic E-state index is 12.0. The Kier molecular flexibility index (Phi) is 3.88. The first-order valence-electron chi connectivity index (χ1n) is 6.49. The fraction of sp³-hybridized carbons (Fsp3) is 0.308. The molecule has 1 amide bonds. The zero-order valence-corrected chi connectivity index (χ0v) is 13.1. The lowest BCUT2D eigenvalue weighted by Gasteiger charge is -2.11. The largest absolute Gasteiger partial charge is 0.324 e. The van der Waals surface area contributed by atoms with Gasteiger partial charge in [0.05, 0.1) is 5.02 Å². The third-order valence-corrected chi connectivity index (χ3v) is 4.75. The number of aromatic nitrogens is 3. The molecule has 0 bridgehead atoms. The Hall–Kier alpha value is -1.57. The third kappa shape index (κ3) is 2.64. The summed E-state index contributed by atoms with van der Waals surface area (Å²) in [6.45, 7) is 2.68. The van der Waals surface area contributed by atoms with Crippen LogP contribution < -0.4 is 10.6 Å². The molecule has 0 aliphatic carbocycles. The van der Waals surface area contributed by atoms with Gasteiger partial charge in [0.15, 0.2) is 5.16 Å². The molecule has 0 radical (unpaired) electrons. The van der Waals surface area contributed by atoms with E-state index in [-0.39, 0.29) is 11.9 Å². The van der Waals surface area contributed by atoms with Gasteiger partial charge in [-0.1, -0.05) is 18.5 Å². The summed E-state index contributed by atoms with van der Waals surface area (Å²) in [7, 11) is 1.87. The van der Waals surface area contributed by atoms with Crippen LogP contribution >= 0.6 is 23.4 Å². The van der Waals surface area contributed by atoms with Crippen molar-refractivity contribution in [3.8, 4) is 0 Å². The van der Waals surface area contributed by atoms with Crippen LogP contribution in [0.5, 0.6) is 0 Å². The van der Waals surface area contributed by atoms with Gasteiger partial charge in [0.25, 0.3) is 0 Å². The standard InChI is InChI=1S/C13H14ClN5OS/c1-3-15-11-7-4-8(14)10(5-9(7)17-12(11)20)21-13-18-16-6-19(13)2/h4-6,11,15H,3H2,1-2H3,(H,17,20). The van der Waals surface area contributed by atoms with Crippen LogP contribution in [0.25, 0.3) is 0 Å². The van der Waals surface area contributed by atoms with Crippen LogP contribution in [-0.4, -0.2) is 27.2 Å². The third-order valence-electron chi connectivity index (χ3n) is 3.21. The molecule has 0 spiro atoms. The summed E-state index contributed by atoms with van der Waals surface area (Å²) in [6, 6.07) is 3.38. The van der Waals surface area contributed by atoms with E-state index in [4.69, 9.17) is 11.6 Å². The first-order chi connectivity index (χ1) is 10.1. The molecule has 0 fully saturated rings. The molecular weight excluding hydrogens is 310 g/mol. The Labute approximate surface area is 131 Å². The number of hydrogen-bond donors (Lipinski definition) is 2. The Morgan fingerprint density at radius 3 is 3.00 bits per heavy atom. The molecule has 0 saturated carbocycles. The van der Waals surface area contributed by atoms with Gasteiger partial charge in [-0.2, -0.15) is 0 Å². The van der Waals surface area contributed by atoms with Crippen molar-refractivity contribution in [1.29, 1.82) is 0 Å². The second-order valence-electron chi connectivity index (χ2n) is 4.68. The summed E-state index contributed by atoms with van der Waals surface area (Å²) in [6.07, 6.45) is 1.63. The fourth-order valence-electron chi connectivity index (χ4n) is 2.21. The van der Waals surface area contributed by atoms with E-state index in [1.54, 1.807) is 6.33 Å². The van der Waals surface area contributed by atoms with Crippen LogP contribution in [0.15, 0.2) is 28.5 Å². The highest BCUT2D eigenvalue weighted by Crippen LogP contribution is 2.40. The lowest BCUT2D eigenvalue weighted by Crippen LogP contribution is -2.27. The molecule has 1 aliphatic heterocycles. The first kappa shape index (κ1) is 14.4. The molecule has 1 aliphatic rings. The van der Waals surface area contributed by atoms with E-state index in [9.17, 15) is 4.79 Å². The predicted octanol–water partition coefficient (Wildman–Crippen LogP) is 2.22. The van der Waals surface area contributed by atoms with Crippen LogP contribution in [0, 0.1) is 0 Å². The van der Waals surface area contributed by atoms with E-state index < -0.39 is 0 Å². The minimum absolute atomic E-state index is 0.0521. The van der Waals surface area contributed by atoms with E-state index >= 15 is 0 Å². The average molecular weight is 324 g/mol. The van der Waals surface area contributed by atoms with Crippen LogP contribution in [0.2, 0.25) is 5.02 Å². The summed E-state index contributed by atoms with van der Waals surface area (Å²) >= 11 is 7.76. The maximum absolute atomic E-state index is 12.0. The number of nitrogens with zero attached hydrogens (tertiary/aromatic N) is 3. The van der Waals surface area contributed by atoms with Gasteiger partial charge in [-0.3, -0.25) is 4.79 Å². The quantitative estimate of drug-likeness (QED) is 0.902. The normalized spacial score (nSPS) is 16.9. The van der Waals surface area contributed by atoms with Crippen LogP contribution in [-0.2, 0) is 11.8 Å². The van der Waals surface area contributed by atoms with Gasteiger partial charge in [-0.15, -0.1) is 10.2 Å². The Morgan fingerprint density at radius 1 is 1.52 bits per heavy atom. The van der Waals surface area contributed by atoms with Crippen molar-refractivity contribution in [3.63, 3.8) is 0 Å². The van der Waals surface area contributed by atoms with Crippen LogP contribution in [0.1, 0.15) is 18.5 Å². The van der Waals surface area contributed by atoms with Crippen molar-refractivity contribution in [3.05, 3.63) is 29.0 Å². The number of hydrogen-bond acceptors (Lipinski definition) is 5. The highest BCUT2D eigenvalue weighted by molar-refractivity contribution is 7.99. The van der Waals surface area contributed by atoms with Gasteiger partial charge >= 0.3 is 0 Å². The van der Waals surface area contributed by atoms with Gasteiger partial charge in [0, 0.05) is 23.2 Å².